The molecule has 288 valence electrons. The maximum atomic E-state index is 4.47. The molecule has 0 atom stereocenters. The first kappa shape index (κ1) is 46.6. The molecule has 0 fully saturated rings. The summed E-state index contributed by atoms with van der Waals surface area (Å²) in [7, 11) is 0. The summed E-state index contributed by atoms with van der Waals surface area (Å²) in [4.78, 5) is 17.3. The molecule has 52 heavy (non-hydrogen) atoms. The first-order chi connectivity index (χ1) is 23.7. The Bertz CT molecular complexity index is 1370. The molecule has 0 aromatic carbocycles. The second kappa shape index (κ2) is 19.6. The zero-order chi connectivity index (χ0) is 40.2. The van der Waals surface area contributed by atoms with Crippen molar-refractivity contribution < 1.29 is 0 Å². The van der Waals surface area contributed by atoms with Gasteiger partial charge < -0.3 is 0 Å². The number of nitrogens with zero attached hydrogens (tertiary/aromatic N) is 4. The van der Waals surface area contributed by atoms with Crippen LogP contribution in [-0.2, 0) is 21.7 Å². The Morgan fingerprint density at radius 2 is 0.846 bits per heavy atom. The van der Waals surface area contributed by atoms with Crippen molar-refractivity contribution in [3.8, 4) is 0 Å². The van der Waals surface area contributed by atoms with E-state index < -0.39 is 0 Å². The first-order valence-corrected chi connectivity index (χ1v) is 19.5. The van der Waals surface area contributed by atoms with E-state index >= 15 is 0 Å². The average Bonchev–Trinajstić information content (AvgIpc) is 3.04. The molecule has 0 aliphatic heterocycles. The molecule has 4 nitrogen and oxygen atoms in total. The van der Waals surface area contributed by atoms with Crippen molar-refractivity contribution in [2.24, 2.45) is 0 Å². The standard InChI is InChI=1S/4C12H19N/c1-9(2)10-8-13-7-6-11(10)12(3,4)5;1-9(2)10-6-7-13-8-11(10)12(3,4)5;1-9(2)11-10(12(3,4)5)7-6-8-13-11;1-9(2)10-7-6-8-13-11(10)12(3,4)5/h4*6-9H,1-5H3. The van der Waals surface area contributed by atoms with Crippen molar-refractivity contribution in [3.63, 3.8) is 0 Å². The van der Waals surface area contributed by atoms with Gasteiger partial charge in [0.05, 0.1) is 0 Å². The van der Waals surface area contributed by atoms with Crippen LogP contribution in [-0.4, -0.2) is 19.9 Å². The molecule has 0 amide bonds. The Labute approximate surface area is 321 Å². The van der Waals surface area contributed by atoms with E-state index in [9.17, 15) is 0 Å². The second-order valence-corrected chi connectivity index (χ2v) is 19.4. The van der Waals surface area contributed by atoms with Crippen LogP contribution in [0.3, 0.4) is 0 Å². The molecule has 0 saturated carbocycles. The van der Waals surface area contributed by atoms with Gasteiger partial charge >= 0.3 is 0 Å². The Balaban J connectivity index is 0.000000347. The fourth-order valence-electron chi connectivity index (χ4n) is 6.11. The summed E-state index contributed by atoms with van der Waals surface area (Å²) in [6.45, 7) is 44.4. The van der Waals surface area contributed by atoms with E-state index in [0.29, 0.717) is 23.7 Å². The van der Waals surface area contributed by atoms with Gasteiger partial charge in [0.2, 0.25) is 0 Å². The molecule has 4 aromatic heterocycles. The SMILES string of the molecule is CC(C)c1cccnc1C(C)(C)C.CC(C)c1ccncc1C(C)(C)C.CC(C)c1cnccc1C(C)(C)C.CC(C)c1ncccc1C(C)(C)C. The van der Waals surface area contributed by atoms with Crippen molar-refractivity contribution in [3.05, 3.63) is 118 Å². The normalized spacial score (nSPS) is 12.2. The summed E-state index contributed by atoms with van der Waals surface area (Å²) >= 11 is 0. The minimum absolute atomic E-state index is 0.154. The van der Waals surface area contributed by atoms with E-state index in [1.807, 2.05) is 49.3 Å². The molecule has 0 aliphatic rings. The lowest BCUT2D eigenvalue weighted by Gasteiger charge is -2.23. The molecule has 4 rings (SSSR count). The maximum Gasteiger partial charge on any atom is 0.0491 e. The molecule has 0 aliphatic carbocycles. The van der Waals surface area contributed by atoms with Gasteiger partial charge in [0, 0.05) is 54.0 Å². The monoisotopic (exact) mass is 709 g/mol. The van der Waals surface area contributed by atoms with Crippen molar-refractivity contribution in [2.75, 3.05) is 0 Å². The highest BCUT2D eigenvalue weighted by molar-refractivity contribution is 5.33. The largest absolute Gasteiger partial charge is 0.264 e. The predicted octanol–water partition coefficient (Wildman–Crippen LogP) is 14.0. The van der Waals surface area contributed by atoms with Crippen LogP contribution in [0.2, 0.25) is 0 Å². The third-order valence-corrected chi connectivity index (χ3v) is 8.93. The highest BCUT2D eigenvalue weighted by atomic mass is 14.7. The zero-order valence-electron chi connectivity index (χ0n) is 37.0. The Morgan fingerprint density at radius 1 is 0.385 bits per heavy atom. The number of aromatic nitrogens is 4. The number of rotatable bonds is 4. The lowest BCUT2D eigenvalue weighted by atomic mass is 9.82. The van der Waals surface area contributed by atoms with Crippen LogP contribution in [0.5, 0.6) is 0 Å². The Morgan fingerprint density at radius 3 is 1.23 bits per heavy atom. The van der Waals surface area contributed by atoms with E-state index in [1.54, 1.807) is 0 Å². The van der Waals surface area contributed by atoms with E-state index in [4.69, 9.17) is 0 Å². The van der Waals surface area contributed by atoms with Gasteiger partial charge in [-0.15, -0.1) is 0 Å². The summed E-state index contributed by atoms with van der Waals surface area (Å²) in [5.41, 5.74) is 11.5. The highest BCUT2D eigenvalue weighted by Gasteiger charge is 2.22. The molecule has 0 saturated heterocycles. The van der Waals surface area contributed by atoms with Crippen LogP contribution in [0.25, 0.3) is 0 Å². The summed E-state index contributed by atoms with van der Waals surface area (Å²) in [6, 6.07) is 12.7. The Hall–Kier alpha value is -3.40. The lowest BCUT2D eigenvalue weighted by molar-refractivity contribution is 0.555. The molecule has 4 aromatic rings. The van der Waals surface area contributed by atoms with Crippen LogP contribution in [0.1, 0.15) is 207 Å². The quantitative estimate of drug-likeness (QED) is 0.212. The summed E-state index contributed by atoms with van der Waals surface area (Å²) in [5.74, 6) is 2.21. The van der Waals surface area contributed by atoms with Crippen LogP contribution in [0.4, 0.5) is 0 Å². The van der Waals surface area contributed by atoms with Crippen molar-refractivity contribution in [2.45, 2.75) is 184 Å². The van der Waals surface area contributed by atoms with Gasteiger partial charge in [-0.3, -0.25) is 19.9 Å². The van der Waals surface area contributed by atoms with Gasteiger partial charge in [0.15, 0.2) is 0 Å². The first-order valence-electron chi connectivity index (χ1n) is 19.5. The summed E-state index contributed by atoms with van der Waals surface area (Å²) in [6.07, 6.45) is 11.5. The third kappa shape index (κ3) is 14.9. The molecule has 4 heterocycles. The van der Waals surface area contributed by atoms with E-state index in [1.165, 1.54) is 44.8 Å². The summed E-state index contributed by atoms with van der Waals surface area (Å²) in [5, 5.41) is 0. The van der Waals surface area contributed by atoms with Gasteiger partial charge in [-0.05, 0) is 97.6 Å². The van der Waals surface area contributed by atoms with Gasteiger partial charge in [-0.1, -0.05) is 151 Å². The second-order valence-electron chi connectivity index (χ2n) is 19.4. The van der Waals surface area contributed by atoms with Crippen LogP contribution < -0.4 is 0 Å². The van der Waals surface area contributed by atoms with E-state index in [-0.39, 0.29) is 21.7 Å². The minimum atomic E-state index is 0.154. The lowest BCUT2D eigenvalue weighted by Crippen LogP contribution is -2.16. The molecule has 0 radical (unpaired) electrons. The Kier molecular flexibility index (Phi) is 17.6. The van der Waals surface area contributed by atoms with E-state index in [0.717, 1.165) is 0 Å². The number of hydrogen-bond donors (Lipinski definition) is 0. The van der Waals surface area contributed by atoms with E-state index in [2.05, 4.69) is 183 Å². The average molecular weight is 709 g/mol. The topological polar surface area (TPSA) is 51.6 Å². The number of pyridine rings is 4. The molecular formula is C48H76N4. The van der Waals surface area contributed by atoms with Crippen molar-refractivity contribution in [1.82, 2.24) is 19.9 Å². The maximum absolute atomic E-state index is 4.47. The van der Waals surface area contributed by atoms with Crippen molar-refractivity contribution >= 4 is 0 Å². The smallest absolute Gasteiger partial charge is 0.0491 e. The molecule has 0 N–H and O–H groups in total. The molecule has 4 heteroatoms. The molecule has 0 spiro atoms. The predicted molar refractivity (Wildman–Crippen MR) is 228 cm³/mol. The van der Waals surface area contributed by atoms with Crippen LogP contribution in [0, 0.1) is 0 Å². The van der Waals surface area contributed by atoms with Crippen LogP contribution >= 0.6 is 0 Å². The molecular weight excluding hydrogens is 633 g/mol. The van der Waals surface area contributed by atoms with Crippen molar-refractivity contribution in [1.29, 1.82) is 0 Å². The fourth-order valence-corrected chi connectivity index (χ4v) is 6.11. The van der Waals surface area contributed by atoms with Gasteiger partial charge in [0.25, 0.3) is 0 Å². The third-order valence-electron chi connectivity index (χ3n) is 8.93. The summed E-state index contributed by atoms with van der Waals surface area (Å²) < 4.78 is 0. The van der Waals surface area contributed by atoms with Gasteiger partial charge in [-0.25, -0.2) is 0 Å². The van der Waals surface area contributed by atoms with Gasteiger partial charge in [-0.2, -0.15) is 0 Å². The zero-order valence-corrected chi connectivity index (χ0v) is 37.0. The van der Waals surface area contributed by atoms with Gasteiger partial charge in [0.1, 0.15) is 0 Å². The fraction of sp³-hybridized carbons (Fsp3) is 0.583. The molecule has 0 unspecified atom stereocenters. The van der Waals surface area contributed by atoms with Crippen LogP contribution in [0.15, 0.2) is 73.6 Å². The highest BCUT2D eigenvalue weighted by Crippen LogP contribution is 2.31. The minimum Gasteiger partial charge on any atom is -0.264 e. The molecule has 0 bridgehead atoms. The number of hydrogen-bond acceptors (Lipinski definition) is 4.